The minimum Gasteiger partial charge on any atom is -0.464 e. The zero-order chi connectivity index (χ0) is 15.5. The summed E-state index contributed by atoms with van der Waals surface area (Å²) in [6, 6.07) is 13.2. The number of fused-ring (bicyclic) bond motifs is 1. The molecule has 0 aliphatic heterocycles. The Balaban J connectivity index is 1.77. The van der Waals surface area contributed by atoms with Crippen LogP contribution in [0.15, 0.2) is 57.6 Å². The average Bonchev–Trinajstić information content (AvgIpc) is 2.91. The molecule has 0 saturated carbocycles. The fourth-order valence-electron chi connectivity index (χ4n) is 2.31. The minimum absolute atomic E-state index is 0.191. The van der Waals surface area contributed by atoms with E-state index in [1.165, 1.54) is 5.56 Å². The van der Waals surface area contributed by atoms with Gasteiger partial charge in [-0.1, -0.05) is 28.9 Å². The number of benzene rings is 2. The van der Waals surface area contributed by atoms with E-state index in [0.29, 0.717) is 5.75 Å². The van der Waals surface area contributed by atoms with Crippen molar-refractivity contribution >= 4 is 32.9 Å². The van der Waals surface area contributed by atoms with Crippen LogP contribution >= 0.6 is 15.9 Å². The van der Waals surface area contributed by atoms with E-state index < -0.39 is 0 Å². The molecule has 4 heteroatoms. The second-order valence-electron chi connectivity index (χ2n) is 5.05. The Kier molecular flexibility index (Phi) is 4.29. The lowest BCUT2D eigenvalue weighted by atomic mass is 10.1. The second-order valence-corrected chi connectivity index (χ2v) is 5.97. The van der Waals surface area contributed by atoms with Gasteiger partial charge in [0.05, 0.1) is 12.7 Å². The van der Waals surface area contributed by atoms with Crippen LogP contribution in [-0.4, -0.2) is 5.97 Å². The van der Waals surface area contributed by atoms with Crippen molar-refractivity contribution in [3.05, 3.63) is 64.3 Å². The van der Waals surface area contributed by atoms with Gasteiger partial charge >= 0.3 is 5.97 Å². The number of esters is 1. The largest absolute Gasteiger partial charge is 0.464 e. The molecule has 3 nitrogen and oxygen atoms in total. The molecule has 0 aliphatic rings. The predicted octanol–water partition coefficient (Wildman–Crippen LogP) is 4.91. The van der Waals surface area contributed by atoms with Gasteiger partial charge in [0, 0.05) is 15.4 Å². The summed E-state index contributed by atoms with van der Waals surface area (Å²) >= 11 is 3.35. The maximum Gasteiger partial charge on any atom is 0.315 e. The summed E-state index contributed by atoms with van der Waals surface area (Å²) in [5.74, 6) is 0.238. The fraction of sp³-hybridized carbons (Fsp3) is 0.167. The van der Waals surface area contributed by atoms with E-state index in [0.717, 1.165) is 27.4 Å². The average molecular weight is 359 g/mol. The molecule has 0 amide bonds. The van der Waals surface area contributed by atoms with E-state index in [1.807, 2.05) is 24.3 Å². The lowest BCUT2D eigenvalue weighted by molar-refractivity contribution is -0.133. The van der Waals surface area contributed by atoms with E-state index in [2.05, 4.69) is 28.9 Å². The number of rotatable bonds is 4. The Hall–Kier alpha value is -2.07. The maximum atomic E-state index is 12.1. The summed E-state index contributed by atoms with van der Waals surface area (Å²) in [4.78, 5) is 12.1. The van der Waals surface area contributed by atoms with Crippen LogP contribution in [0.1, 0.15) is 18.1 Å². The Labute approximate surface area is 137 Å². The highest BCUT2D eigenvalue weighted by Gasteiger charge is 2.12. The van der Waals surface area contributed by atoms with Crippen molar-refractivity contribution in [3.63, 3.8) is 0 Å². The van der Waals surface area contributed by atoms with Crippen molar-refractivity contribution in [2.75, 3.05) is 0 Å². The normalized spacial score (nSPS) is 10.8. The van der Waals surface area contributed by atoms with Gasteiger partial charge in [0.25, 0.3) is 0 Å². The number of hydrogen-bond acceptors (Lipinski definition) is 3. The van der Waals surface area contributed by atoms with Crippen LogP contribution in [0.5, 0.6) is 5.75 Å². The molecule has 2 aromatic carbocycles. The van der Waals surface area contributed by atoms with Crippen LogP contribution < -0.4 is 4.74 Å². The number of halogens is 1. The molecule has 0 bridgehead atoms. The van der Waals surface area contributed by atoms with Gasteiger partial charge in [0.15, 0.2) is 0 Å². The SMILES string of the molecule is CCc1ccc2occ(CC(=O)Oc3ccc(Br)cc3)c2c1. The number of furan rings is 1. The molecule has 0 saturated heterocycles. The highest BCUT2D eigenvalue weighted by Crippen LogP contribution is 2.24. The molecule has 0 radical (unpaired) electrons. The van der Waals surface area contributed by atoms with Gasteiger partial charge in [0.1, 0.15) is 11.3 Å². The smallest absolute Gasteiger partial charge is 0.315 e. The van der Waals surface area contributed by atoms with Gasteiger partial charge in [-0.15, -0.1) is 0 Å². The van der Waals surface area contributed by atoms with E-state index >= 15 is 0 Å². The molecule has 1 heterocycles. The first-order valence-electron chi connectivity index (χ1n) is 7.11. The van der Waals surface area contributed by atoms with Gasteiger partial charge in [-0.05, 0) is 48.4 Å². The molecule has 0 aliphatic carbocycles. The van der Waals surface area contributed by atoms with Crippen LogP contribution in [-0.2, 0) is 17.6 Å². The van der Waals surface area contributed by atoms with Gasteiger partial charge in [0.2, 0.25) is 0 Å². The van der Waals surface area contributed by atoms with Gasteiger partial charge in [-0.25, -0.2) is 0 Å². The highest BCUT2D eigenvalue weighted by atomic mass is 79.9. The minimum atomic E-state index is -0.299. The van der Waals surface area contributed by atoms with E-state index in [1.54, 1.807) is 18.4 Å². The summed E-state index contributed by atoms with van der Waals surface area (Å²) in [6.07, 6.45) is 2.77. The Morgan fingerprint density at radius 1 is 1.18 bits per heavy atom. The zero-order valence-corrected chi connectivity index (χ0v) is 13.7. The van der Waals surface area contributed by atoms with Crippen LogP contribution in [0.2, 0.25) is 0 Å². The summed E-state index contributed by atoms with van der Waals surface area (Å²) in [6.45, 7) is 2.10. The number of carbonyl (C=O) groups is 1. The molecule has 0 fully saturated rings. The van der Waals surface area contributed by atoms with Crippen molar-refractivity contribution in [3.8, 4) is 5.75 Å². The molecule has 1 aromatic heterocycles. The van der Waals surface area contributed by atoms with E-state index in [9.17, 15) is 4.79 Å². The van der Waals surface area contributed by atoms with Crippen molar-refractivity contribution < 1.29 is 13.9 Å². The van der Waals surface area contributed by atoms with Crippen LogP contribution in [0, 0.1) is 0 Å². The van der Waals surface area contributed by atoms with Gasteiger partial charge in [-0.2, -0.15) is 0 Å². The molecule has 22 heavy (non-hydrogen) atoms. The fourth-order valence-corrected chi connectivity index (χ4v) is 2.58. The van der Waals surface area contributed by atoms with Gasteiger partial charge in [-0.3, -0.25) is 4.79 Å². The molecule has 112 valence electrons. The molecule has 0 N–H and O–H groups in total. The number of aryl methyl sites for hydroxylation is 1. The molecule has 0 spiro atoms. The summed E-state index contributed by atoms with van der Waals surface area (Å²) in [5.41, 5.74) is 2.87. The highest BCUT2D eigenvalue weighted by molar-refractivity contribution is 9.10. The molecule has 3 aromatic rings. The van der Waals surface area contributed by atoms with E-state index in [-0.39, 0.29) is 12.4 Å². The lowest BCUT2D eigenvalue weighted by Gasteiger charge is -2.04. The molecule has 3 rings (SSSR count). The van der Waals surface area contributed by atoms with Crippen molar-refractivity contribution in [1.29, 1.82) is 0 Å². The Bertz CT molecular complexity index is 803. The topological polar surface area (TPSA) is 39.4 Å². The molecular formula is C18H15BrO3. The summed E-state index contributed by atoms with van der Waals surface area (Å²) in [5, 5.41) is 0.979. The van der Waals surface area contributed by atoms with Gasteiger partial charge < -0.3 is 9.15 Å². The molecule has 0 unspecified atom stereocenters. The third-order valence-corrected chi connectivity index (χ3v) is 4.04. The summed E-state index contributed by atoms with van der Waals surface area (Å²) in [7, 11) is 0. The second kappa shape index (κ2) is 6.36. The Morgan fingerprint density at radius 2 is 1.95 bits per heavy atom. The molecule has 0 atom stereocenters. The predicted molar refractivity (Wildman–Crippen MR) is 89.1 cm³/mol. The third kappa shape index (κ3) is 3.22. The van der Waals surface area contributed by atoms with Crippen LogP contribution in [0.3, 0.4) is 0 Å². The Morgan fingerprint density at radius 3 is 2.68 bits per heavy atom. The maximum absolute atomic E-state index is 12.1. The first kappa shape index (κ1) is 14.9. The van der Waals surface area contributed by atoms with Crippen LogP contribution in [0.25, 0.3) is 11.0 Å². The first-order chi connectivity index (χ1) is 10.7. The van der Waals surface area contributed by atoms with Crippen molar-refractivity contribution in [2.45, 2.75) is 19.8 Å². The van der Waals surface area contributed by atoms with Crippen molar-refractivity contribution in [1.82, 2.24) is 0 Å². The quantitative estimate of drug-likeness (QED) is 0.491. The first-order valence-corrected chi connectivity index (χ1v) is 7.90. The number of hydrogen-bond donors (Lipinski definition) is 0. The lowest BCUT2D eigenvalue weighted by Crippen LogP contribution is -2.10. The number of carbonyl (C=O) groups excluding carboxylic acids is 1. The third-order valence-electron chi connectivity index (χ3n) is 3.51. The van der Waals surface area contributed by atoms with Crippen LogP contribution in [0.4, 0.5) is 0 Å². The standard InChI is InChI=1S/C18H15BrO3/c1-2-12-3-8-17-16(9-12)13(11-21-17)10-18(20)22-15-6-4-14(19)5-7-15/h3-9,11H,2,10H2,1H3. The summed E-state index contributed by atoms with van der Waals surface area (Å²) < 4.78 is 11.8. The van der Waals surface area contributed by atoms with E-state index in [4.69, 9.17) is 9.15 Å². The monoisotopic (exact) mass is 358 g/mol. The molecular weight excluding hydrogens is 344 g/mol. The van der Waals surface area contributed by atoms with Crippen molar-refractivity contribution in [2.24, 2.45) is 0 Å². The number of ether oxygens (including phenoxy) is 1. The zero-order valence-electron chi connectivity index (χ0n) is 12.1.